The first kappa shape index (κ1) is 12.9. The average molecular weight is 271 g/mol. The van der Waals surface area contributed by atoms with Gasteiger partial charge < -0.3 is 5.32 Å². The molecule has 0 saturated heterocycles. The van der Waals surface area contributed by atoms with E-state index in [-0.39, 0.29) is 18.7 Å². The molecule has 1 heterocycles. The molecule has 100 valence electrons. The zero-order valence-electron chi connectivity index (χ0n) is 8.73. The Morgan fingerprint density at radius 2 is 1.61 bits per heavy atom. The third-order valence-corrected chi connectivity index (χ3v) is 2.61. The molecular weight excluding hydrogens is 264 g/mol. The summed E-state index contributed by atoms with van der Waals surface area (Å²) in [6, 6.07) is 1.42. The van der Waals surface area contributed by atoms with E-state index in [1.165, 1.54) is 0 Å². The molecule has 1 aliphatic rings. The summed E-state index contributed by atoms with van der Waals surface area (Å²) in [4.78, 5) is 0. The normalized spacial score (nSPS) is 18.6. The molecule has 9 heteroatoms. The highest BCUT2D eigenvalue weighted by molar-refractivity contribution is 5.41. The lowest BCUT2D eigenvalue weighted by Crippen LogP contribution is -2.39. The summed E-state index contributed by atoms with van der Waals surface area (Å²) in [5.74, 6) is -0.321. The molecule has 0 unspecified atom stereocenters. The molecule has 2 rings (SSSR count). The summed E-state index contributed by atoms with van der Waals surface area (Å²) in [6.07, 6.45) is -9.37. The highest BCUT2D eigenvalue weighted by Gasteiger charge is 2.63. The van der Waals surface area contributed by atoms with Crippen LogP contribution in [0.3, 0.4) is 0 Å². The molecule has 0 bridgehead atoms. The van der Waals surface area contributed by atoms with Gasteiger partial charge in [-0.2, -0.15) is 26.3 Å². The number of aromatic nitrogens is 2. The van der Waals surface area contributed by atoms with Gasteiger partial charge in [0.25, 0.3) is 0 Å². The van der Waals surface area contributed by atoms with Gasteiger partial charge in [0.2, 0.25) is 0 Å². The topological polar surface area (TPSA) is 37.8 Å². The molecule has 1 N–H and O–H groups in total. The van der Waals surface area contributed by atoms with Crippen LogP contribution in [0.15, 0.2) is 12.1 Å². The third-order valence-electron chi connectivity index (χ3n) is 2.61. The van der Waals surface area contributed by atoms with E-state index in [2.05, 4.69) is 15.5 Å². The highest BCUT2D eigenvalue weighted by atomic mass is 19.4. The van der Waals surface area contributed by atoms with Gasteiger partial charge in [0, 0.05) is 0 Å². The zero-order valence-corrected chi connectivity index (χ0v) is 8.73. The van der Waals surface area contributed by atoms with E-state index in [0.29, 0.717) is 6.07 Å². The van der Waals surface area contributed by atoms with Crippen LogP contribution in [0, 0.1) is 0 Å². The molecular formula is C9H7F6N3. The van der Waals surface area contributed by atoms with E-state index in [9.17, 15) is 26.3 Å². The zero-order chi connectivity index (χ0) is 13.6. The number of nitrogens with zero attached hydrogens (tertiary/aromatic N) is 2. The minimum absolute atomic E-state index is 0.126. The van der Waals surface area contributed by atoms with Gasteiger partial charge in [-0.1, -0.05) is 0 Å². The van der Waals surface area contributed by atoms with Gasteiger partial charge in [-0.3, -0.25) is 0 Å². The van der Waals surface area contributed by atoms with E-state index in [1.54, 1.807) is 0 Å². The van der Waals surface area contributed by atoms with Crippen LogP contribution in [0.2, 0.25) is 0 Å². The summed E-state index contributed by atoms with van der Waals surface area (Å²) in [5, 5.41) is 8.02. The van der Waals surface area contributed by atoms with Crippen LogP contribution in [-0.2, 0) is 6.18 Å². The van der Waals surface area contributed by atoms with Crippen molar-refractivity contribution in [1.82, 2.24) is 10.2 Å². The second-order valence-electron chi connectivity index (χ2n) is 4.01. The van der Waals surface area contributed by atoms with Crippen LogP contribution in [0.4, 0.5) is 32.2 Å². The van der Waals surface area contributed by atoms with Crippen LogP contribution < -0.4 is 5.32 Å². The van der Waals surface area contributed by atoms with Gasteiger partial charge in [0.1, 0.15) is 11.4 Å². The van der Waals surface area contributed by atoms with Crippen molar-refractivity contribution in [2.45, 2.75) is 30.7 Å². The minimum Gasteiger partial charge on any atom is -0.355 e. The minimum atomic E-state index is -4.66. The highest BCUT2D eigenvalue weighted by Crippen LogP contribution is 2.50. The number of anilines is 1. The predicted molar refractivity (Wildman–Crippen MR) is 48.7 cm³/mol. The molecule has 1 aromatic heterocycles. The summed E-state index contributed by atoms with van der Waals surface area (Å²) in [6.45, 7) is 0. The Morgan fingerprint density at radius 1 is 1.00 bits per heavy atom. The molecule has 18 heavy (non-hydrogen) atoms. The Balaban J connectivity index is 2.13. The van der Waals surface area contributed by atoms with E-state index in [1.807, 2.05) is 0 Å². The molecule has 0 spiro atoms. The van der Waals surface area contributed by atoms with Crippen molar-refractivity contribution in [1.29, 1.82) is 0 Å². The second-order valence-corrected chi connectivity index (χ2v) is 4.01. The summed E-state index contributed by atoms with van der Waals surface area (Å²) in [5.41, 5.74) is -3.31. The van der Waals surface area contributed by atoms with Crippen LogP contribution in [-0.4, -0.2) is 21.9 Å². The van der Waals surface area contributed by atoms with Gasteiger partial charge in [-0.05, 0) is 25.0 Å². The fraction of sp³-hybridized carbons (Fsp3) is 0.556. The quantitative estimate of drug-likeness (QED) is 0.840. The lowest BCUT2D eigenvalue weighted by Gasteiger charge is -2.20. The molecule has 1 aliphatic carbocycles. The maximum Gasteiger partial charge on any atom is 0.435 e. The Labute approximate surface area is 97.2 Å². The first-order valence-corrected chi connectivity index (χ1v) is 4.90. The van der Waals surface area contributed by atoms with Crippen molar-refractivity contribution in [3.8, 4) is 0 Å². The number of rotatable bonds is 2. The largest absolute Gasteiger partial charge is 0.435 e. The smallest absolute Gasteiger partial charge is 0.355 e. The van der Waals surface area contributed by atoms with Crippen molar-refractivity contribution in [3.05, 3.63) is 17.8 Å². The van der Waals surface area contributed by atoms with Crippen LogP contribution >= 0.6 is 0 Å². The SMILES string of the molecule is FC(F)(F)c1ccc(NC2(C(F)(F)F)CC2)nn1. The Hall–Kier alpha value is -1.54. The van der Waals surface area contributed by atoms with Crippen molar-refractivity contribution >= 4 is 5.82 Å². The van der Waals surface area contributed by atoms with Crippen LogP contribution in [0.5, 0.6) is 0 Å². The van der Waals surface area contributed by atoms with Gasteiger partial charge in [-0.15, -0.1) is 10.2 Å². The van der Waals surface area contributed by atoms with Crippen molar-refractivity contribution in [2.75, 3.05) is 5.32 Å². The number of nitrogens with one attached hydrogen (secondary N) is 1. The fourth-order valence-electron chi connectivity index (χ4n) is 1.40. The van der Waals surface area contributed by atoms with Crippen LogP contribution in [0.1, 0.15) is 18.5 Å². The molecule has 0 aromatic carbocycles. The Bertz CT molecular complexity index is 431. The average Bonchev–Trinajstić information content (AvgIpc) is 2.97. The van der Waals surface area contributed by atoms with Crippen molar-refractivity contribution in [2.24, 2.45) is 0 Å². The molecule has 0 atom stereocenters. The molecule has 0 radical (unpaired) electrons. The summed E-state index contributed by atoms with van der Waals surface area (Å²) < 4.78 is 74.1. The van der Waals surface area contributed by atoms with Gasteiger partial charge in [0.15, 0.2) is 5.69 Å². The second kappa shape index (κ2) is 3.72. The monoisotopic (exact) mass is 271 g/mol. The van der Waals surface area contributed by atoms with Gasteiger partial charge in [-0.25, -0.2) is 0 Å². The van der Waals surface area contributed by atoms with E-state index >= 15 is 0 Å². The van der Waals surface area contributed by atoms with Crippen molar-refractivity contribution < 1.29 is 26.3 Å². The first-order valence-electron chi connectivity index (χ1n) is 4.90. The number of alkyl halides is 6. The molecule has 1 fully saturated rings. The van der Waals surface area contributed by atoms with E-state index in [4.69, 9.17) is 0 Å². The van der Waals surface area contributed by atoms with Crippen molar-refractivity contribution in [3.63, 3.8) is 0 Å². The van der Waals surface area contributed by atoms with Crippen LogP contribution in [0.25, 0.3) is 0 Å². The molecule has 0 amide bonds. The van der Waals surface area contributed by atoms with E-state index < -0.39 is 23.6 Å². The third kappa shape index (κ3) is 2.34. The predicted octanol–water partition coefficient (Wildman–Crippen LogP) is 3.00. The molecule has 1 saturated carbocycles. The van der Waals surface area contributed by atoms with E-state index in [0.717, 1.165) is 6.07 Å². The standard InChI is InChI=1S/C9H7F6N3/c10-8(11,12)5-1-2-6(18-17-5)16-7(3-4-7)9(13,14)15/h1-2H,3-4H2,(H,16,18). The summed E-state index contributed by atoms with van der Waals surface area (Å²) in [7, 11) is 0. The molecule has 0 aliphatic heterocycles. The van der Waals surface area contributed by atoms with Gasteiger partial charge >= 0.3 is 12.4 Å². The maximum atomic E-state index is 12.6. The lowest BCUT2D eigenvalue weighted by atomic mass is 10.2. The maximum absolute atomic E-state index is 12.6. The lowest BCUT2D eigenvalue weighted by molar-refractivity contribution is -0.151. The first-order chi connectivity index (χ1) is 8.14. The Morgan fingerprint density at radius 3 is 1.94 bits per heavy atom. The molecule has 3 nitrogen and oxygen atoms in total. The van der Waals surface area contributed by atoms with Gasteiger partial charge in [0.05, 0.1) is 0 Å². The Kier molecular flexibility index (Phi) is 2.67. The number of hydrogen-bond acceptors (Lipinski definition) is 3. The fourth-order valence-corrected chi connectivity index (χ4v) is 1.40. The summed E-state index contributed by atoms with van der Waals surface area (Å²) >= 11 is 0. The molecule has 1 aromatic rings. The number of halogens is 6. The number of hydrogen-bond donors (Lipinski definition) is 1.